The standard InChI is InChI=1S/C14H14BrClN2O2S/c1-18(10-12-4-2-3-5-13(12)15)21(19,20)14-7-6-11(8-16)9-17-14/h2-7,9H,8,10H2,1H3. The van der Waals surface area contributed by atoms with Crippen molar-refractivity contribution >= 4 is 37.6 Å². The number of pyridine rings is 1. The van der Waals surface area contributed by atoms with Gasteiger partial charge in [0.25, 0.3) is 10.0 Å². The van der Waals surface area contributed by atoms with Gasteiger partial charge in [-0.05, 0) is 23.3 Å². The van der Waals surface area contributed by atoms with Crippen LogP contribution >= 0.6 is 27.5 Å². The van der Waals surface area contributed by atoms with E-state index in [4.69, 9.17) is 11.6 Å². The Morgan fingerprint density at radius 2 is 1.95 bits per heavy atom. The number of aromatic nitrogens is 1. The van der Waals surface area contributed by atoms with Gasteiger partial charge >= 0.3 is 0 Å². The van der Waals surface area contributed by atoms with Gasteiger partial charge in [0.2, 0.25) is 0 Å². The molecule has 0 fully saturated rings. The highest BCUT2D eigenvalue weighted by Crippen LogP contribution is 2.20. The van der Waals surface area contributed by atoms with Crippen LogP contribution in [0.3, 0.4) is 0 Å². The van der Waals surface area contributed by atoms with Gasteiger partial charge in [-0.25, -0.2) is 13.4 Å². The Balaban J connectivity index is 2.24. The van der Waals surface area contributed by atoms with Crippen molar-refractivity contribution in [2.45, 2.75) is 17.5 Å². The van der Waals surface area contributed by atoms with Gasteiger partial charge < -0.3 is 0 Å². The maximum Gasteiger partial charge on any atom is 0.260 e. The molecule has 2 aromatic rings. The van der Waals surface area contributed by atoms with Crippen LogP contribution in [-0.4, -0.2) is 24.8 Å². The number of halogens is 2. The monoisotopic (exact) mass is 388 g/mol. The van der Waals surface area contributed by atoms with Crippen molar-refractivity contribution in [2.75, 3.05) is 7.05 Å². The first-order valence-corrected chi connectivity index (χ1v) is 8.92. The van der Waals surface area contributed by atoms with Crippen LogP contribution < -0.4 is 0 Å². The number of alkyl halides is 1. The molecule has 1 aromatic carbocycles. The van der Waals surface area contributed by atoms with Gasteiger partial charge in [-0.1, -0.05) is 40.2 Å². The lowest BCUT2D eigenvalue weighted by Crippen LogP contribution is -2.27. The molecule has 0 radical (unpaired) electrons. The van der Waals surface area contributed by atoms with Gasteiger partial charge in [-0.2, -0.15) is 4.31 Å². The molecule has 112 valence electrons. The molecule has 0 amide bonds. The van der Waals surface area contributed by atoms with Crippen molar-refractivity contribution in [3.05, 3.63) is 58.2 Å². The molecule has 2 rings (SSSR count). The predicted molar refractivity (Wildman–Crippen MR) is 86.6 cm³/mol. The molecule has 0 saturated carbocycles. The SMILES string of the molecule is CN(Cc1ccccc1Br)S(=O)(=O)c1ccc(CCl)cn1. The first kappa shape index (κ1) is 16.4. The lowest BCUT2D eigenvalue weighted by molar-refractivity contribution is 0.463. The smallest absolute Gasteiger partial charge is 0.243 e. The summed E-state index contributed by atoms with van der Waals surface area (Å²) in [4.78, 5) is 3.98. The molecule has 0 atom stereocenters. The first-order chi connectivity index (χ1) is 9.95. The first-order valence-electron chi connectivity index (χ1n) is 6.16. The fourth-order valence-corrected chi connectivity index (χ4v) is 3.38. The van der Waals surface area contributed by atoms with E-state index in [0.29, 0.717) is 5.88 Å². The Bertz CT molecular complexity index is 720. The molecule has 4 nitrogen and oxygen atoms in total. The fraction of sp³-hybridized carbons (Fsp3) is 0.214. The molecule has 7 heteroatoms. The Morgan fingerprint density at radius 3 is 2.52 bits per heavy atom. The van der Waals surface area contributed by atoms with E-state index < -0.39 is 10.0 Å². The number of hydrogen-bond donors (Lipinski definition) is 0. The van der Waals surface area contributed by atoms with E-state index in [1.54, 1.807) is 6.07 Å². The topological polar surface area (TPSA) is 50.3 Å². The third kappa shape index (κ3) is 3.83. The van der Waals surface area contributed by atoms with E-state index in [2.05, 4.69) is 20.9 Å². The molecule has 1 heterocycles. The van der Waals surface area contributed by atoms with Crippen LogP contribution in [0.25, 0.3) is 0 Å². The summed E-state index contributed by atoms with van der Waals surface area (Å²) in [5.74, 6) is 0.306. The summed E-state index contributed by atoms with van der Waals surface area (Å²) < 4.78 is 27.1. The van der Waals surface area contributed by atoms with E-state index in [9.17, 15) is 8.42 Å². The largest absolute Gasteiger partial charge is 0.260 e. The molecule has 0 aliphatic heterocycles. The highest BCUT2D eigenvalue weighted by molar-refractivity contribution is 9.10. The zero-order chi connectivity index (χ0) is 15.5. The van der Waals surface area contributed by atoms with Crippen molar-refractivity contribution in [2.24, 2.45) is 0 Å². The highest BCUT2D eigenvalue weighted by Gasteiger charge is 2.22. The minimum Gasteiger partial charge on any atom is -0.243 e. The molecule has 0 aliphatic carbocycles. The third-order valence-corrected chi connectivity index (χ3v) is 5.78. The molecule has 0 bridgehead atoms. The van der Waals surface area contributed by atoms with Crippen LogP contribution in [0.5, 0.6) is 0 Å². The molecule has 0 unspecified atom stereocenters. The molecular weight excluding hydrogens is 376 g/mol. The lowest BCUT2D eigenvalue weighted by atomic mass is 10.2. The minimum absolute atomic E-state index is 0.0194. The molecular formula is C14H14BrClN2O2S. The number of hydrogen-bond acceptors (Lipinski definition) is 3. The normalized spacial score (nSPS) is 11.8. The van der Waals surface area contributed by atoms with Crippen LogP contribution in [0.1, 0.15) is 11.1 Å². The van der Waals surface area contributed by atoms with Crippen molar-refractivity contribution in [1.29, 1.82) is 0 Å². The fourth-order valence-electron chi connectivity index (χ4n) is 1.75. The summed E-state index contributed by atoms with van der Waals surface area (Å²) in [6.45, 7) is 0.267. The van der Waals surface area contributed by atoms with Crippen molar-refractivity contribution in [1.82, 2.24) is 9.29 Å². The molecule has 0 saturated heterocycles. The number of rotatable bonds is 5. The van der Waals surface area contributed by atoms with E-state index in [1.165, 1.54) is 23.6 Å². The zero-order valence-electron chi connectivity index (χ0n) is 11.3. The average Bonchev–Trinajstić information content (AvgIpc) is 2.49. The van der Waals surface area contributed by atoms with Crippen molar-refractivity contribution in [3.63, 3.8) is 0 Å². The second-order valence-corrected chi connectivity index (χ2v) is 7.60. The average molecular weight is 390 g/mol. The summed E-state index contributed by atoms with van der Waals surface area (Å²) in [5, 5.41) is 0.0194. The van der Waals surface area contributed by atoms with Gasteiger partial charge in [0.1, 0.15) is 0 Å². The lowest BCUT2D eigenvalue weighted by Gasteiger charge is -2.17. The Hall–Kier alpha value is -0.950. The van der Waals surface area contributed by atoms with Crippen LogP contribution in [0, 0.1) is 0 Å². The van der Waals surface area contributed by atoms with Crippen LogP contribution in [-0.2, 0) is 22.4 Å². The van der Waals surface area contributed by atoms with Gasteiger partial charge in [-0.3, -0.25) is 0 Å². The minimum atomic E-state index is -3.62. The number of benzene rings is 1. The van der Waals surface area contributed by atoms with Gasteiger partial charge in [0, 0.05) is 30.1 Å². The summed E-state index contributed by atoms with van der Waals surface area (Å²) in [6, 6.07) is 10.6. The molecule has 0 aliphatic rings. The van der Waals surface area contributed by atoms with E-state index in [-0.39, 0.29) is 11.6 Å². The number of sulfonamides is 1. The van der Waals surface area contributed by atoms with Gasteiger partial charge in [0.05, 0.1) is 0 Å². The second-order valence-electron chi connectivity index (χ2n) is 4.49. The maximum absolute atomic E-state index is 12.5. The summed E-state index contributed by atoms with van der Waals surface area (Å²) in [7, 11) is -2.09. The van der Waals surface area contributed by atoms with Crippen LogP contribution in [0.4, 0.5) is 0 Å². The van der Waals surface area contributed by atoms with Crippen LogP contribution in [0.2, 0.25) is 0 Å². The molecule has 0 spiro atoms. The molecule has 0 N–H and O–H groups in total. The predicted octanol–water partition coefficient (Wildman–Crippen LogP) is 3.40. The summed E-state index contributed by atoms with van der Waals surface area (Å²) >= 11 is 9.09. The third-order valence-electron chi connectivity index (χ3n) is 2.98. The zero-order valence-corrected chi connectivity index (χ0v) is 14.5. The van der Waals surface area contributed by atoms with Crippen molar-refractivity contribution in [3.8, 4) is 0 Å². The highest BCUT2D eigenvalue weighted by atomic mass is 79.9. The van der Waals surface area contributed by atoms with Gasteiger partial charge in [0.15, 0.2) is 5.03 Å². The summed E-state index contributed by atoms with van der Waals surface area (Å²) in [5.41, 5.74) is 1.67. The van der Waals surface area contributed by atoms with E-state index in [1.807, 2.05) is 24.3 Å². The Labute approximate surface area is 137 Å². The maximum atomic E-state index is 12.5. The second kappa shape index (κ2) is 6.87. The van der Waals surface area contributed by atoms with Crippen LogP contribution in [0.15, 0.2) is 52.1 Å². The van der Waals surface area contributed by atoms with Crippen molar-refractivity contribution < 1.29 is 8.42 Å². The molecule has 1 aromatic heterocycles. The summed E-state index contributed by atoms with van der Waals surface area (Å²) in [6.07, 6.45) is 1.48. The number of nitrogens with zero attached hydrogens (tertiary/aromatic N) is 2. The van der Waals surface area contributed by atoms with E-state index >= 15 is 0 Å². The Kier molecular flexibility index (Phi) is 5.37. The Morgan fingerprint density at radius 1 is 1.24 bits per heavy atom. The molecule has 21 heavy (non-hydrogen) atoms. The quantitative estimate of drug-likeness (QED) is 0.736. The van der Waals surface area contributed by atoms with Gasteiger partial charge in [-0.15, -0.1) is 11.6 Å². The van der Waals surface area contributed by atoms with E-state index in [0.717, 1.165) is 15.6 Å².